The molecule has 23 valence electrons. The third-order valence-corrected chi connectivity index (χ3v) is 0.148. The van der Waals surface area contributed by atoms with Crippen molar-refractivity contribution in [3.05, 3.63) is 6.42 Å². The minimum absolute atomic E-state index is 1.08. The molecule has 0 heterocycles. The average Bonchev–Trinajstić information content (AvgIpc) is 1.41. The predicted octanol–water partition coefficient (Wildman–Crippen LogP) is 0.347. The van der Waals surface area contributed by atoms with E-state index in [1.54, 1.807) is 6.07 Å². The monoisotopic (exact) mass is 64.0 g/mol. The number of nitrogens with zero attached hydrogens (tertiary/aromatic N) is 1. The van der Waals surface area contributed by atoms with Crippen molar-refractivity contribution in [3.63, 3.8) is 0 Å². The molecule has 0 fully saturated rings. The van der Waals surface area contributed by atoms with Crippen LogP contribution in [-0.4, -0.2) is 0 Å². The van der Waals surface area contributed by atoms with Crippen molar-refractivity contribution in [3.8, 4) is 18.4 Å². The lowest BCUT2D eigenvalue weighted by Crippen LogP contribution is -1.49. The first-order valence-corrected chi connectivity index (χ1v) is 1.09. The Morgan fingerprint density at radius 3 is 2.40 bits per heavy atom. The molecule has 0 aromatic carbocycles. The van der Waals surface area contributed by atoms with Gasteiger partial charge in [0.25, 0.3) is 0 Å². The quantitative estimate of drug-likeness (QED) is 0.373. The molecule has 0 bridgehead atoms. The second-order valence-electron chi connectivity index (χ2n) is 0.440. The highest BCUT2D eigenvalue weighted by molar-refractivity contribution is 5.14. The summed E-state index contributed by atoms with van der Waals surface area (Å²) in [6.45, 7) is 0. The highest BCUT2D eigenvalue weighted by Gasteiger charge is 1.58. The Labute approximate surface area is 31.2 Å². The Hall–Kier alpha value is -0.950. The molecule has 0 saturated heterocycles. The minimum Gasteiger partial charge on any atom is -0.197 e. The highest BCUT2D eigenvalue weighted by atomic mass is 14.2. The van der Waals surface area contributed by atoms with Gasteiger partial charge < -0.3 is 0 Å². The smallest absolute Gasteiger partial charge is 0.134 e. The second-order valence-corrected chi connectivity index (χ2v) is 0.440. The maximum Gasteiger partial charge on any atom is 0.134 e. The molecular weight excluding hydrogens is 62.1 g/mol. The van der Waals surface area contributed by atoms with E-state index in [2.05, 4.69) is 6.42 Å². The van der Waals surface area contributed by atoms with E-state index in [4.69, 9.17) is 5.26 Å². The number of terminal acetylenes is 1. The molecule has 0 aromatic heterocycles. The first-order valence-electron chi connectivity index (χ1n) is 1.09. The molecule has 0 atom stereocenters. The maximum atomic E-state index is 7.62. The van der Waals surface area contributed by atoms with E-state index < -0.39 is 0 Å². The van der Waals surface area contributed by atoms with Crippen LogP contribution in [0.25, 0.3) is 0 Å². The summed E-state index contributed by atoms with van der Waals surface area (Å²) in [6, 6.07) is 1.66. The van der Waals surface area contributed by atoms with Crippen LogP contribution in [0.2, 0.25) is 0 Å². The van der Waals surface area contributed by atoms with Crippen LogP contribution in [0.15, 0.2) is 0 Å². The van der Waals surface area contributed by atoms with Gasteiger partial charge in [-0.15, -0.1) is 6.42 Å². The largest absolute Gasteiger partial charge is 0.197 e. The van der Waals surface area contributed by atoms with E-state index in [9.17, 15) is 0 Å². The Kier molecular flexibility index (Phi) is 2.47. The summed E-state index contributed by atoms with van der Waals surface area (Å²) < 4.78 is 0. The van der Waals surface area contributed by atoms with Crippen LogP contribution in [0.3, 0.4) is 0 Å². The van der Waals surface area contributed by atoms with Crippen molar-refractivity contribution >= 4 is 0 Å². The van der Waals surface area contributed by atoms with Gasteiger partial charge in [0.05, 0.1) is 6.07 Å². The molecule has 5 heavy (non-hydrogen) atoms. The summed E-state index contributed by atoms with van der Waals surface area (Å²) in [5.41, 5.74) is 0. The zero-order valence-electron chi connectivity index (χ0n) is 2.60. The lowest BCUT2D eigenvalue weighted by atomic mass is 10.5. The van der Waals surface area contributed by atoms with Gasteiger partial charge in [0.2, 0.25) is 0 Å². The molecule has 0 rings (SSSR count). The van der Waals surface area contributed by atoms with Gasteiger partial charge in [0.15, 0.2) is 0 Å². The van der Waals surface area contributed by atoms with Gasteiger partial charge in [-0.1, -0.05) is 5.92 Å². The zero-order valence-corrected chi connectivity index (χ0v) is 2.60. The lowest BCUT2D eigenvalue weighted by molar-refractivity contribution is 1.52. The third-order valence-electron chi connectivity index (χ3n) is 0.148. The maximum absolute atomic E-state index is 7.62. The molecule has 1 nitrogen and oxygen atoms in total. The SMILES string of the molecule is C#C[CH]C#N. The molecule has 0 aliphatic carbocycles. The van der Waals surface area contributed by atoms with Crippen molar-refractivity contribution in [1.82, 2.24) is 0 Å². The molecule has 0 unspecified atom stereocenters. The molecular formula is C4H2N. The summed E-state index contributed by atoms with van der Waals surface area (Å²) in [4.78, 5) is 0. The van der Waals surface area contributed by atoms with Gasteiger partial charge in [0, 0.05) is 0 Å². The summed E-state index contributed by atoms with van der Waals surface area (Å²) >= 11 is 0. The molecule has 0 aliphatic rings. The number of hydrogen-bond acceptors (Lipinski definition) is 1. The van der Waals surface area contributed by atoms with Crippen LogP contribution in [0.4, 0.5) is 0 Å². The molecule has 0 saturated carbocycles. The van der Waals surface area contributed by atoms with Crippen molar-refractivity contribution < 1.29 is 0 Å². The number of nitriles is 1. The Morgan fingerprint density at radius 2 is 2.40 bits per heavy atom. The van der Waals surface area contributed by atoms with E-state index in [1.807, 2.05) is 5.92 Å². The predicted molar refractivity (Wildman–Crippen MR) is 18.7 cm³/mol. The lowest BCUT2D eigenvalue weighted by Gasteiger charge is -1.49. The third kappa shape index (κ3) is 3.05. The number of hydrogen-bond donors (Lipinski definition) is 0. The molecule has 0 spiro atoms. The van der Waals surface area contributed by atoms with E-state index in [0.29, 0.717) is 0 Å². The Balaban J connectivity index is 2.86. The van der Waals surface area contributed by atoms with Crippen LogP contribution in [0.5, 0.6) is 0 Å². The van der Waals surface area contributed by atoms with Gasteiger partial charge in [-0.05, 0) is 0 Å². The molecule has 1 radical (unpaired) electrons. The van der Waals surface area contributed by atoms with Gasteiger partial charge in [-0.2, -0.15) is 5.26 Å². The van der Waals surface area contributed by atoms with Crippen molar-refractivity contribution in [1.29, 1.82) is 5.26 Å². The van der Waals surface area contributed by atoms with Crippen LogP contribution >= 0.6 is 0 Å². The minimum atomic E-state index is 1.08. The van der Waals surface area contributed by atoms with Crippen LogP contribution in [0.1, 0.15) is 0 Å². The van der Waals surface area contributed by atoms with E-state index in [0.717, 1.165) is 6.42 Å². The fourth-order valence-corrected chi connectivity index (χ4v) is 0.0373. The average molecular weight is 64.1 g/mol. The summed E-state index contributed by atoms with van der Waals surface area (Å²) in [5, 5.41) is 7.62. The van der Waals surface area contributed by atoms with Gasteiger partial charge >= 0.3 is 0 Å². The van der Waals surface area contributed by atoms with Gasteiger partial charge in [-0.25, -0.2) is 0 Å². The van der Waals surface area contributed by atoms with Crippen molar-refractivity contribution in [2.24, 2.45) is 0 Å². The van der Waals surface area contributed by atoms with Crippen LogP contribution < -0.4 is 0 Å². The fraction of sp³-hybridized carbons (Fsp3) is 0. The second kappa shape index (κ2) is 3.05. The van der Waals surface area contributed by atoms with Crippen molar-refractivity contribution in [2.75, 3.05) is 0 Å². The van der Waals surface area contributed by atoms with Crippen LogP contribution in [0, 0.1) is 30.1 Å². The first-order chi connectivity index (χ1) is 2.41. The van der Waals surface area contributed by atoms with E-state index >= 15 is 0 Å². The van der Waals surface area contributed by atoms with E-state index in [1.165, 1.54) is 0 Å². The summed E-state index contributed by atoms with van der Waals surface area (Å²) in [6.07, 6.45) is 5.69. The Morgan fingerprint density at radius 1 is 1.80 bits per heavy atom. The molecule has 1 heteroatoms. The van der Waals surface area contributed by atoms with Gasteiger partial charge in [-0.3, -0.25) is 0 Å². The van der Waals surface area contributed by atoms with E-state index in [-0.39, 0.29) is 0 Å². The fourth-order valence-electron chi connectivity index (χ4n) is 0.0373. The Bertz CT molecular complexity index is 68.8. The standard InChI is InChI=1S/C4H2N/c1-2-3-4-5/h1,3H. The van der Waals surface area contributed by atoms with Gasteiger partial charge in [0.1, 0.15) is 6.42 Å². The van der Waals surface area contributed by atoms with Crippen LogP contribution in [-0.2, 0) is 0 Å². The number of rotatable bonds is 0. The summed E-state index contributed by atoms with van der Waals surface area (Å²) in [7, 11) is 0. The molecule has 0 aliphatic heterocycles. The van der Waals surface area contributed by atoms with Crippen molar-refractivity contribution in [2.45, 2.75) is 0 Å². The molecule has 0 N–H and O–H groups in total. The normalized spacial score (nSPS) is 4.40. The highest BCUT2D eigenvalue weighted by Crippen LogP contribution is 1.57. The first kappa shape index (κ1) is 4.05. The zero-order chi connectivity index (χ0) is 4.12. The summed E-state index contributed by atoms with van der Waals surface area (Å²) in [5.74, 6) is 2.03. The topological polar surface area (TPSA) is 23.8 Å². The molecule has 0 aromatic rings. The molecule has 0 amide bonds.